The minimum atomic E-state index is 0.315. The molecule has 2 rings (SSSR count). The van der Waals surface area contributed by atoms with Gasteiger partial charge in [-0.15, -0.1) is 0 Å². The summed E-state index contributed by atoms with van der Waals surface area (Å²) in [6.07, 6.45) is 5.64. The number of fused-ring (bicyclic) bond motifs is 1. The molecule has 0 amide bonds. The van der Waals surface area contributed by atoms with Gasteiger partial charge in [-0.1, -0.05) is 12.5 Å². The number of carbonyl (C=O) groups excluding carboxylic acids is 1. The highest BCUT2D eigenvalue weighted by Gasteiger charge is 2.38. The van der Waals surface area contributed by atoms with Gasteiger partial charge < -0.3 is 4.74 Å². The van der Waals surface area contributed by atoms with Crippen LogP contribution in [0.15, 0.2) is 11.6 Å². The first-order valence-electron chi connectivity index (χ1n) is 4.57. The normalized spacial score (nSPS) is 33.8. The fraction of sp³-hybridized carbons (Fsp3) is 0.700. The van der Waals surface area contributed by atoms with Crippen LogP contribution in [0.1, 0.15) is 19.3 Å². The van der Waals surface area contributed by atoms with Gasteiger partial charge in [0.2, 0.25) is 0 Å². The Morgan fingerprint density at radius 1 is 1.58 bits per heavy atom. The lowest BCUT2D eigenvalue weighted by molar-refractivity contribution is -0.119. The Bertz CT molecular complexity index is 230. The van der Waals surface area contributed by atoms with Crippen molar-refractivity contribution in [3.05, 3.63) is 11.6 Å². The van der Waals surface area contributed by atoms with Crippen LogP contribution in [0.3, 0.4) is 0 Å². The summed E-state index contributed by atoms with van der Waals surface area (Å²) in [6.45, 7) is 0.506. The zero-order chi connectivity index (χ0) is 8.55. The highest BCUT2D eigenvalue weighted by atomic mass is 16.5. The molecule has 1 saturated carbocycles. The average Bonchev–Trinajstić information content (AvgIpc) is 2.58. The molecular weight excluding hydrogens is 152 g/mol. The third-order valence-corrected chi connectivity index (χ3v) is 2.94. The van der Waals surface area contributed by atoms with Crippen LogP contribution < -0.4 is 0 Å². The number of ketones is 1. The molecule has 0 spiro atoms. The van der Waals surface area contributed by atoms with E-state index in [9.17, 15) is 4.79 Å². The monoisotopic (exact) mass is 166 g/mol. The molecule has 2 unspecified atom stereocenters. The van der Waals surface area contributed by atoms with Crippen molar-refractivity contribution < 1.29 is 9.53 Å². The van der Waals surface area contributed by atoms with Gasteiger partial charge in [0.1, 0.15) is 0 Å². The molecule has 2 atom stereocenters. The van der Waals surface area contributed by atoms with Crippen molar-refractivity contribution in [2.45, 2.75) is 19.3 Å². The van der Waals surface area contributed by atoms with Gasteiger partial charge >= 0.3 is 0 Å². The molecule has 0 aromatic rings. The van der Waals surface area contributed by atoms with E-state index in [0.29, 0.717) is 24.2 Å². The van der Waals surface area contributed by atoms with Gasteiger partial charge in [-0.25, -0.2) is 0 Å². The summed E-state index contributed by atoms with van der Waals surface area (Å²) in [7, 11) is 1.64. The quantitative estimate of drug-likeness (QED) is 0.622. The first-order valence-corrected chi connectivity index (χ1v) is 4.57. The van der Waals surface area contributed by atoms with Crippen LogP contribution in [0.25, 0.3) is 0 Å². The first kappa shape index (κ1) is 7.99. The number of ether oxygens (including phenoxy) is 1. The number of carbonyl (C=O) groups is 1. The number of allylic oxidation sites excluding steroid dienone is 1. The Labute approximate surface area is 72.6 Å². The number of hydrogen-bond acceptors (Lipinski definition) is 2. The fourth-order valence-corrected chi connectivity index (χ4v) is 2.37. The zero-order valence-electron chi connectivity index (χ0n) is 7.38. The summed E-state index contributed by atoms with van der Waals surface area (Å²) < 4.78 is 4.97. The first-order chi connectivity index (χ1) is 5.83. The molecule has 0 saturated heterocycles. The molecule has 2 aliphatic rings. The molecule has 2 aliphatic carbocycles. The summed E-state index contributed by atoms with van der Waals surface area (Å²) in [6, 6.07) is 0. The van der Waals surface area contributed by atoms with Gasteiger partial charge in [-0.3, -0.25) is 4.79 Å². The van der Waals surface area contributed by atoms with Crippen LogP contribution in [0.5, 0.6) is 0 Å². The molecule has 0 radical (unpaired) electrons. The second kappa shape index (κ2) is 3.02. The van der Waals surface area contributed by atoms with Gasteiger partial charge in [0.15, 0.2) is 5.78 Å². The molecule has 0 N–H and O–H groups in total. The van der Waals surface area contributed by atoms with E-state index < -0.39 is 0 Å². The summed E-state index contributed by atoms with van der Waals surface area (Å²) in [5, 5.41) is 0. The SMILES string of the molecule is COCC1=CC2CCCC2C1=O. The van der Waals surface area contributed by atoms with Crippen LogP contribution in [0.2, 0.25) is 0 Å². The maximum absolute atomic E-state index is 11.6. The molecule has 0 bridgehead atoms. The van der Waals surface area contributed by atoms with Gasteiger partial charge in [0.05, 0.1) is 6.61 Å². The summed E-state index contributed by atoms with van der Waals surface area (Å²) in [5.74, 6) is 1.21. The smallest absolute Gasteiger partial charge is 0.164 e. The van der Waals surface area contributed by atoms with Crippen molar-refractivity contribution in [1.82, 2.24) is 0 Å². The summed E-state index contributed by atoms with van der Waals surface area (Å²) in [5.41, 5.74) is 0.909. The third-order valence-electron chi connectivity index (χ3n) is 2.94. The zero-order valence-corrected chi connectivity index (χ0v) is 7.38. The molecular formula is C10H14O2. The number of hydrogen-bond donors (Lipinski definition) is 0. The molecule has 66 valence electrons. The van der Waals surface area contributed by atoms with Crippen LogP contribution in [-0.2, 0) is 9.53 Å². The lowest BCUT2D eigenvalue weighted by Gasteiger charge is -2.05. The molecule has 1 fully saturated rings. The Balaban J connectivity index is 2.12. The van der Waals surface area contributed by atoms with E-state index in [-0.39, 0.29) is 0 Å². The van der Waals surface area contributed by atoms with Gasteiger partial charge in [0, 0.05) is 18.6 Å². The van der Waals surface area contributed by atoms with Crippen LogP contribution in [-0.4, -0.2) is 19.5 Å². The van der Waals surface area contributed by atoms with Crippen molar-refractivity contribution in [1.29, 1.82) is 0 Å². The molecule has 0 heterocycles. The van der Waals surface area contributed by atoms with Crippen LogP contribution in [0.4, 0.5) is 0 Å². The summed E-state index contributed by atoms with van der Waals surface area (Å²) in [4.78, 5) is 11.6. The van der Waals surface area contributed by atoms with Crippen LogP contribution in [0, 0.1) is 11.8 Å². The maximum atomic E-state index is 11.6. The standard InChI is InChI=1S/C10H14O2/c1-12-6-8-5-7-3-2-4-9(7)10(8)11/h5,7,9H,2-4,6H2,1H3. The predicted molar refractivity (Wildman–Crippen MR) is 45.8 cm³/mol. The topological polar surface area (TPSA) is 26.3 Å². The number of rotatable bonds is 2. The van der Waals surface area contributed by atoms with Crippen molar-refractivity contribution in [3.63, 3.8) is 0 Å². The minimum absolute atomic E-state index is 0.315. The van der Waals surface area contributed by atoms with Crippen LogP contribution >= 0.6 is 0 Å². The van der Waals surface area contributed by atoms with Crippen molar-refractivity contribution in [2.75, 3.05) is 13.7 Å². The second-order valence-corrected chi connectivity index (χ2v) is 3.69. The predicted octanol–water partition coefficient (Wildman–Crippen LogP) is 1.56. The molecule has 0 aliphatic heterocycles. The minimum Gasteiger partial charge on any atom is -0.380 e. The van der Waals surface area contributed by atoms with Crippen molar-refractivity contribution in [3.8, 4) is 0 Å². The average molecular weight is 166 g/mol. The number of Topliss-reactive ketones (excluding diaryl/α,β-unsaturated/α-hetero) is 1. The highest BCUT2D eigenvalue weighted by molar-refractivity contribution is 6.00. The third kappa shape index (κ3) is 1.11. The molecule has 2 nitrogen and oxygen atoms in total. The van der Waals surface area contributed by atoms with Crippen molar-refractivity contribution >= 4 is 5.78 Å². The van der Waals surface area contributed by atoms with E-state index >= 15 is 0 Å². The largest absolute Gasteiger partial charge is 0.380 e. The fourth-order valence-electron chi connectivity index (χ4n) is 2.37. The molecule has 2 heteroatoms. The molecule has 0 aromatic heterocycles. The second-order valence-electron chi connectivity index (χ2n) is 3.69. The van der Waals surface area contributed by atoms with E-state index in [0.717, 1.165) is 12.0 Å². The molecule has 0 aromatic carbocycles. The van der Waals surface area contributed by atoms with E-state index in [4.69, 9.17) is 4.74 Å². The van der Waals surface area contributed by atoms with E-state index in [1.54, 1.807) is 7.11 Å². The van der Waals surface area contributed by atoms with E-state index in [1.165, 1.54) is 12.8 Å². The van der Waals surface area contributed by atoms with E-state index in [2.05, 4.69) is 6.08 Å². The Hall–Kier alpha value is -0.630. The Morgan fingerprint density at radius 2 is 2.42 bits per heavy atom. The van der Waals surface area contributed by atoms with Crippen molar-refractivity contribution in [2.24, 2.45) is 11.8 Å². The Morgan fingerprint density at radius 3 is 3.08 bits per heavy atom. The lowest BCUT2D eigenvalue weighted by Crippen LogP contribution is -2.13. The van der Waals surface area contributed by atoms with Gasteiger partial charge in [-0.2, -0.15) is 0 Å². The van der Waals surface area contributed by atoms with Gasteiger partial charge in [-0.05, 0) is 18.8 Å². The lowest BCUT2D eigenvalue weighted by atomic mass is 9.98. The van der Waals surface area contributed by atoms with Gasteiger partial charge in [0.25, 0.3) is 0 Å². The molecule has 12 heavy (non-hydrogen) atoms. The van der Waals surface area contributed by atoms with E-state index in [1.807, 2.05) is 0 Å². The summed E-state index contributed by atoms with van der Waals surface area (Å²) >= 11 is 0. The maximum Gasteiger partial charge on any atom is 0.164 e. The Kier molecular flexibility index (Phi) is 2.01. The number of methoxy groups -OCH3 is 1. The highest BCUT2D eigenvalue weighted by Crippen LogP contribution is 2.40.